The minimum Gasteiger partial charge on any atom is -0.385 e. The zero-order chi connectivity index (χ0) is 12.5. The van der Waals surface area contributed by atoms with Crippen LogP contribution in [0.1, 0.15) is 30.3 Å². The molecule has 1 aromatic rings. The molecule has 1 amide bonds. The van der Waals surface area contributed by atoms with E-state index in [1.165, 1.54) is 0 Å². The Kier molecular flexibility index (Phi) is 6.03. The van der Waals surface area contributed by atoms with Crippen molar-refractivity contribution < 1.29 is 9.53 Å². The summed E-state index contributed by atoms with van der Waals surface area (Å²) in [6, 6.07) is 3.45. The van der Waals surface area contributed by atoms with Crippen molar-refractivity contribution in [3.63, 3.8) is 0 Å². The van der Waals surface area contributed by atoms with Crippen molar-refractivity contribution >= 4 is 11.6 Å². The third-order valence-electron chi connectivity index (χ3n) is 2.16. The summed E-state index contributed by atoms with van der Waals surface area (Å²) in [4.78, 5) is 14.8. The number of primary amides is 1. The van der Waals surface area contributed by atoms with Gasteiger partial charge in [0.1, 0.15) is 5.69 Å². The fourth-order valence-electron chi connectivity index (χ4n) is 1.33. The van der Waals surface area contributed by atoms with Gasteiger partial charge in [0.15, 0.2) is 0 Å². The van der Waals surface area contributed by atoms with E-state index in [0.29, 0.717) is 0 Å². The number of amides is 1. The molecular formula is C12H19N3O2. The molecule has 5 heteroatoms. The summed E-state index contributed by atoms with van der Waals surface area (Å²) in [5, 5.41) is 3.19. The number of hydrogen-bond donors (Lipinski definition) is 2. The molecule has 0 aliphatic rings. The molecule has 94 valence electrons. The van der Waals surface area contributed by atoms with E-state index in [0.717, 1.165) is 38.3 Å². The molecule has 0 saturated heterocycles. The Balaban J connectivity index is 2.27. The first-order valence-corrected chi connectivity index (χ1v) is 5.81. The first kappa shape index (κ1) is 13.4. The number of rotatable bonds is 8. The summed E-state index contributed by atoms with van der Waals surface area (Å²) in [6.07, 6.45) is 3.53. The molecule has 0 fully saturated rings. The molecule has 0 aromatic carbocycles. The average Bonchev–Trinajstić information content (AvgIpc) is 2.34. The lowest BCUT2D eigenvalue weighted by atomic mass is 10.3. The number of nitrogens with two attached hydrogens (primary N) is 1. The minimum absolute atomic E-state index is 0.275. The van der Waals surface area contributed by atoms with E-state index >= 15 is 0 Å². The number of anilines is 1. The summed E-state index contributed by atoms with van der Waals surface area (Å²) in [6.45, 7) is 4.43. The van der Waals surface area contributed by atoms with Crippen LogP contribution in [-0.4, -0.2) is 30.6 Å². The Hall–Kier alpha value is -1.62. The highest BCUT2D eigenvalue weighted by atomic mass is 16.5. The van der Waals surface area contributed by atoms with Crippen molar-refractivity contribution in [3.05, 3.63) is 24.0 Å². The summed E-state index contributed by atoms with van der Waals surface area (Å²) >= 11 is 0. The standard InChI is InChI=1S/C12H19N3O2/c1-2-7-17-8-3-5-14-10-4-6-15-11(9-10)12(13)16/h4,6,9H,2-3,5,7-8H2,1H3,(H2,13,16)(H,14,15). The van der Waals surface area contributed by atoms with Gasteiger partial charge in [-0.05, 0) is 25.0 Å². The lowest BCUT2D eigenvalue weighted by Gasteiger charge is -2.07. The molecule has 0 aliphatic heterocycles. The molecule has 3 N–H and O–H groups in total. The number of hydrogen-bond acceptors (Lipinski definition) is 4. The predicted molar refractivity (Wildman–Crippen MR) is 67.0 cm³/mol. The fraction of sp³-hybridized carbons (Fsp3) is 0.500. The average molecular weight is 237 g/mol. The molecule has 0 saturated carbocycles. The molecule has 0 atom stereocenters. The quantitative estimate of drug-likeness (QED) is 0.670. The largest absolute Gasteiger partial charge is 0.385 e. The van der Waals surface area contributed by atoms with E-state index < -0.39 is 5.91 Å². The predicted octanol–water partition coefficient (Wildman–Crippen LogP) is 1.41. The molecule has 1 heterocycles. The van der Waals surface area contributed by atoms with Gasteiger partial charge in [-0.2, -0.15) is 0 Å². The molecule has 1 aromatic heterocycles. The molecule has 0 bridgehead atoms. The number of aromatic nitrogens is 1. The van der Waals surface area contributed by atoms with Crippen LogP contribution in [0.2, 0.25) is 0 Å². The van der Waals surface area contributed by atoms with E-state index in [9.17, 15) is 4.79 Å². The van der Waals surface area contributed by atoms with Crippen molar-refractivity contribution in [1.29, 1.82) is 0 Å². The second-order valence-electron chi connectivity index (χ2n) is 3.69. The number of ether oxygens (including phenoxy) is 1. The Labute approximate surface area is 101 Å². The smallest absolute Gasteiger partial charge is 0.267 e. The van der Waals surface area contributed by atoms with Gasteiger partial charge in [0.05, 0.1) is 0 Å². The van der Waals surface area contributed by atoms with E-state index in [-0.39, 0.29) is 5.69 Å². The monoisotopic (exact) mass is 237 g/mol. The van der Waals surface area contributed by atoms with Gasteiger partial charge >= 0.3 is 0 Å². The second-order valence-corrected chi connectivity index (χ2v) is 3.69. The highest BCUT2D eigenvalue weighted by molar-refractivity contribution is 5.91. The van der Waals surface area contributed by atoms with Crippen molar-refractivity contribution in [3.8, 4) is 0 Å². The molecule has 17 heavy (non-hydrogen) atoms. The van der Waals surface area contributed by atoms with Gasteiger partial charge < -0.3 is 15.8 Å². The maximum absolute atomic E-state index is 10.9. The molecule has 1 rings (SSSR count). The van der Waals surface area contributed by atoms with Crippen molar-refractivity contribution in [1.82, 2.24) is 4.98 Å². The number of carbonyl (C=O) groups excluding carboxylic acids is 1. The molecule has 0 aliphatic carbocycles. The molecular weight excluding hydrogens is 218 g/mol. The Bertz CT molecular complexity index is 355. The van der Waals surface area contributed by atoms with E-state index in [2.05, 4.69) is 17.2 Å². The van der Waals surface area contributed by atoms with Gasteiger partial charge in [0, 0.05) is 31.6 Å². The van der Waals surface area contributed by atoms with E-state index in [4.69, 9.17) is 10.5 Å². The zero-order valence-corrected chi connectivity index (χ0v) is 10.1. The van der Waals surface area contributed by atoms with Crippen LogP contribution in [0.3, 0.4) is 0 Å². The lowest BCUT2D eigenvalue weighted by Crippen LogP contribution is -2.13. The first-order valence-electron chi connectivity index (χ1n) is 5.81. The van der Waals surface area contributed by atoms with Crippen LogP contribution in [0.5, 0.6) is 0 Å². The number of nitrogens with one attached hydrogen (secondary N) is 1. The number of carbonyl (C=O) groups is 1. The maximum atomic E-state index is 10.9. The van der Waals surface area contributed by atoms with Gasteiger partial charge in [-0.1, -0.05) is 6.92 Å². The van der Waals surface area contributed by atoms with Crippen LogP contribution in [0.25, 0.3) is 0 Å². The van der Waals surface area contributed by atoms with Crippen LogP contribution in [0, 0.1) is 0 Å². The minimum atomic E-state index is -0.514. The van der Waals surface area contributed by atoms with Crippen LogP contribution >= 0.6 is 0 Å². The Morgan fingerprint density at radius 1 is 1.53 bits per heavy atom. The van der Waals surface area contributed by atoms with Gasteiger partial charge in [-0.3, -0.25) is 9.78 Å². The number of pyridine rings is 1. The summed E-state index contributed by atoms with van der Waals surface area (Å²) in [7, 11) is 0. The SMILES string of the molecule is CCCOCCCNc1ccnc(C(N)=O)c1. The second kappa shape index (κ2) is 7.62. The summed E-state index contributed by atoms with van der Waals surface area (Å²) in [5.74, 6) is -0.514. The maximum Gasteiger partial charge on any atom is 0.267 e. The van der Waals surface area contributed by atoms with Gasteiger partial charge in [-0.15, -0.1) is 0 Å². The topological polar surface area (TPSA) is 77.2 Å². The van der Waals surface area contributed by atoms with Gasteiger partial charge in [0.2, 0.25) is 0 Å². The summed E-state index contributed by atoms with van der Waals surface area (Å²) in [5.41, 5.74) is 6.27. The fourth-order valence-corrected chi connectivity index (χ4v) is 1.33. The highest BCUT2D eigenvalue weighted by Gasteiger charge is 2.02. The van der Waals surface area contributed by atoms with Crippen LogP contribution in [-0.2, 0) is 4.74 Å². The normalized spacial score (nSPS) is 10.2. The third-order valence-corrected chi connectivity index (χ3v) is 2.16. The van der Waals surface area contributed by atoms with Crippen LogP contribution in [0.15, 0.2) is 18.3 Å². The number of nitrogens with zero attached hydrogens (tertiary/aromatic N) is 1. The Morgan fingerprint density at radius 3 is 3.06 bits per heavy atom. The molecule has 0 unspecified atom stereocenters. The van der Waals surface area contributed by atoms with Crippen LogP contribution < -0.4 is 11.1 Å². The van der Waals surface area contributed by atoms with Crippen molar-refractivity contribution in [2.75, 3.05) is 25.1 Å². The lowest BCUT2D eigenvalue weighted by molar-refractivity contribution is 0.0995. The third kappa shape index (κ3) is 5.31. The Morgan fingerprint density at radius 2 is 2.35 bits per heavy atom. The van der Waals surface area contributed by atoms with E-state index in [1.54, 1.807) is 18.3 Å². The van der Waals surface area contributed by atoms with Crippen molar-refractivity contribution in [2.24, 2.45) is 5.73 Å². The highest BCUT2D eigenvalue weighted by Crippen LogP contribution is 2.07. The van der Waals surface area contributed by atoms with Gasteiger partial charge in [0.25, 0.3) is 5.91 Å². The zero-order valence-electron chi connectivity index (χ0n) is 10.1. The van der Waals surface area contributed by atoms with Crippen LogP contribution in [0.4, 0.5) is 5.69 Å². The summed E-state index contributed by atoms with van der Waals surface area (Å²) < 4.78 is 5.36. The molecule has 5 nitrogen and oxygen atoms in total. The first-order chi connectivity index (χ1) is 8.24. The molecule has 0 spiro atoms. The molecule has 0 radical (unpaired) electrons. The van der Waals surface area contributed by atoms with E-state index in [1.807, 2.05) is 0 Å². The van der Waals surface area contributed by atoms with Crippen molar-refractivity contribution in [2.45, 2.75) is 19.8 Å². The van der Waals surface area contributed by atoms with Gasteiger partial charge in [-0.25, -0.2) is 0 Å².